The van der Waals surface area contributed by atoms with Crippen LogP contribution in [0.4, 0.5) is 0 Å². The highest BCUT2D eigenvalue weighted by atomic mass is 16.4. The van der Waals surface area contributed by atoms with Gasteiger partial charge in [-0.25, -0.2) is 4.98 Å². The van der Waals surface area contributed by atoms with Crippen molar-refractivity contribution in [1.82, 2.24) is 14.5 Å². The minimum Gasteiger partial charge on any atom is -0.483 e. The van der Waals surface area contributed by atoms with Crippen LogP contribution in [0.5, 0.6) is 0 Å². The number of amides is 1. The third kappa shape index (κ3) is 3.91. The summed E-state index contributed by atoms with van der Waals surface area (Å²) in [4.78, 5) is 38.0. The number of carboxylic acids is 1. The molecular weight excluding hydrogens is 318 g/mol. The molecule has 1 aromatic heterocycles. The molecule has 0 spiro atoms. The van der Waals surface area contributed by atoms with Crippen LogP contribution in [0.15, 0.2) is 12.4 Å². The number of aliphatic hydroxyl groups is 1. The molecule has 0 aliphatic carbocycles. The van der Waals surface area contributed by atoms with E-state index in [-0.39, 0.29) is 31.2 Å². The molecule has 0 aromatic carbocycles. The van der Waals surface area contributed by atoms with Crippen molar-refractivity contribution >= 4 is 18.3 Å². The first-order valence-electron chi connectivity index (χ1n) is 7.60. The molecule has 9 heteroatoms. The van der Waals surface area contributed by atoms with Crippen LogP contribution in [0.3, 0.4) is 0 Å². The summed E-state index contributed by atoms with van der Waals surface area (Å²) < 4.78 is 1.61. The monoisotopic (exact) mass is 341 g/mol. The summed E-state index contributed by atoms with van der Waals surface area (Å²) in [5.41, 5.74) is -1.28. The Labute approximate surface area is 139 Å². The van der Waals surface area contributed by atoms with Crippen molar-refractivity contribution in [2.75, 3.05) is 13.1 Å². The van der Waals surface area contributed by atoms with Gasteiger partial charge in [0.2, 0.25) is 0 Å². The van der Waals surface area contributed by atoms with Gasteiger partial charge in [-0.15, -0.1) is 0 Å². The number of imidazole rings is 1. The van der Waals surface area contributed by atoms with E-state index in [1.54, 1.807) is 17.8 Å². The highest BCUT2D eigenvalue weighted by Gasteiger charge is 2.49. The molecule has 3 N–H and O–H groups in total. The van der Waals surface area contributed by atoms with Crippen LogP contribution in [0.2, 0.25) is 0 Å². The fraction of sp³-hybridized carbons (Fsp3) is 0.600. The molecule has 0 saturated carbocycles. The Morgan fingerprint density at radius 3 is 2.58 bits per heavy atom. The molecule has 0 unspecified atom stereocenters. The minimum absolute atomic E-state index is 0.0169. The zero-order valence-corrected chi connectivity index (χ0v) is 13.8. The highest BCUT2D eigenvalue weighted by molar-refractivity contribution is 5.91. The number of aryl methyl sites for hydroxylation is 1. The van der Waals surface area contributed by atoms with Crippen LogP contribution < -0.4 is 0 Å². The van der Waals surface area contributed by atoms with E-state index in [0.717, 1.165) is 0 Å². The van der Waals surface area contributed by atoms with Gasteiger partial charge in [-0.05, 0) is 12.8 Å². The van der Waals surface area contributed by atoms with Gasteiger partial charge in [0.15, 0.2) is 5.82 Å². The first-order chi connectivity index (χ1) is 11.3. The second-order valence-corrected chi connectivity index (χ2v) is 5.71. The number of likely N-dealkylation sites (tertiary alicyclic amines) is 1. The molecule has 9 nitrogen and oxygen atoms in total. The van der Waals surface area contributed by atoms with Gasteiger partial charge in [0.1, 0.15) is 5.41 Å². The molecule has 1 aromatic rings. The van der Waals surface area contributed by atoms with Crippen molar-refractivity contribution in [2.24, 2.45) is 12.5 Å². The van der Waals surface area contributed by atoms with Crippen molar-refractivity contribution in [3.63, 3.8) is 0 Å². The van der Waals surface area contributed by atoms with Crippen molar-refractivity contribution in [2.45, 2.75) is 32.3 Å². The standard InChI is InChI=1S/C14H21N3O4.CH2O2/c1-3-5-14(13(20)21)9-17(7-4-10(14)18)12(19)11-15-6-8-16(11)2;2-1-3/h6,8,10,18H,3-5,7,9H2,1-2H3,(H,20,21);1H,(H,2,3)/t10-,14+;/m0./s1. The zero-order chi connectivity index (χ0) is 18.3. The van der Waals surface area contributed by atoms with Gasteiger partial charge in [0.25, 0.3) is 12.4 Å². The number of aromatic nitrogens is 2. The second kappa shape index (κ2) is 8.44. The minimum atomic E-state index is -1.28. The molecule has 2 rings (SSSR count). The number of piperidine rings is 1. The molecule has 1 aliphatic heterocycles. The van der Waals surface area contributed by atoms with E-state index in [0.29, 0.717) is 19.4 Å². The third-order valence-corrected chi connectivity index (χ3v) is 4.21. The number of carboxylic acid groups (broad SMARTS) is 2. The quantitative estimate of drug-likeness (QED) is 0.666. The fourth-order valence-electron chi connectivity index (χ4n) is 2.97. The summed E-state index contributed by atoms with van der Waals surface area (Å²) in [6.07, 6.45) is 3.51. The molecule has 2 atom stereocenters. The summed E-state index contributed by atoms with van der Waals surface area (Å²) in [5, 5.41) is 26.6. The molecule has 0 radical (unpaired) electrons. The molecule has 1 amide bonds. The van der Waals surface area contributed by atoms with Crippen LogP contribution in [-0.2, 0) is 16.6 Å². The van der Waals surface area contributed by atoms with Gasteiger partial charge < -0.3 is 24.8 Å². The van der Waals surface area contributed by atoms with Gasteiger partial charge in [-0.2, -0.15) is 0 Å². The summed E-state index contributed by atoms with van der Waals surface area (Å²) >= 11 is 0. The Kier molecular flexibility index (Phi) is 6.90. The van der Waals surface area contributed by atoms with Crippen LogP contribution in [0.25, 0.3) is 0 Å². The Morgan fingerprint density at radius 2 is 2.12 bits per heavy atom. The number of hydrogen-bond donors (Lipinski definition) is 3. The number of carbonyl (C=O) groups is 3. The maximum Gasteiger partial charge on any atom is 0.314 e. The lowest BCUT2D eigenvalue weighted by Crippen LogP contribution is -2.57. The van der Waals surface area contributed by atoms with Gasteiger partial charge in [0.05, 0.1) is 6.10 Å². The van der Waals surface area contributed by atoms with Crippen molar-refractivity contribution < 1.29 is 29.7 Å². The molecular formula is C15H23N3O6. The van der Waals surface area contributed by atoms with E-state index in [9.17, 15) is 19.8 Å². The lowest BCUT2D eigenvalue weighted by molar-refractivity contribution is -0.162. The molecule has 1 saturated heterocycles. The number of carbonyl (C=O) groups excluding carboxylic acids is 1. The first kappa shape index (κ1) is 19.6. The molecule has 24 heavy (non-hydrogen) atoms. The van der Waals surface area contributed by atoms with Gasteiger partial charge in [-0.3, -0.25) is 14.4 Å². The summed E-state index contributed by atoms with van der Waals surface area (Å²) in [6.45, 7) is 1.98. The zero-order valence-electron chi connectivity index (χ0n) is 13.8. The predicted octanol–water partition coefficient (Wildman–Crippen LogP) is 0.199. The van der Waals surface area contributed by atoms with E-state index in [1.807, 2.05) is 6.92 Å². The van der Waals surface area contributed by atoms with E-state index in [2.05, 4.69) is 4.98 Å². The third-order valence-electron chi connectivity index (χ3n) is 4.21. The Balaban J connectivity index is 0.000000891. The van der Waals surface area contributed by atoms with Crippen molar-refractivity contribution in [1.29, 1.82) is 0 Å². The van der Waals surface area contributed by atoms with Crippen LogP contribution in [0.1, 0.15) is 36.8 Å². The summed E-state index contributed by atoms with van der Waals surface area (Å²) in [6, 6.07) is 0. The Hall–Kier alpha value is -2.42. The smallest absolute Gasteiger partial charge is 0.314 e. The van der Waals surface area contributed by atoms with Crippen LogP contribution >= 0.6 is 0 Å². The van der Waals surface area contributed by atoms with E-state index in [1.165, 1.54) is 11.1 Å². The number of rotatable bonds is 4. The maximum absolute atomic E-state index is 12.5. The average molecular weight is 341 g/mol. The van der Waals surface area contributed by atoms with Gasteiger partial charge in [0, 0.05) is 32.5 Å². The predicted molar refractivity (Wildman–Crippen MR) is 83.4 cm³/mol. The topological polar surface area (TPSA) is 133 Å². The van der Waals surface area contributed by atoms with E-state index >= 15 is 0 Å². The van der Waals surface area contributed by atoms with Crippen molar-refractivity contribution in [3.05, 3.63) is 18.2 Å². The fourth-order valence-corrected chi connectivity index (χ4v) is 2.97. The number of hydrogen-bond acceptors (Lipinski definition) is 5. The first-order valence-corrected chi connectivity index (χ1v) is 7.60. The summed E-state index contributed by atoms with van der Waals surface area (Å²) in [7, 11) is 1.72. The number of aliphatic hydroxyl groups excluding tert-OH is 1. The SMILES string of the molecule is CCC[C@@]1(C(=O)O)CN(C(=O)c2nccn2C)CC[C@@H]1O.O=CO. The van der Waals surface area contributed by atoms with E-state index < -0.39 is 17.5 Å². The molecule has 0 bridgehead atoms. The molecule has 134 valence electrons. The Bertz CT molecular complexity index is 588. The van der Waals surface area contributed by atoms with Crippen LogP contribution in [0, 0.1) is 5.41 Å². The largest absolute Gasteiger partial charge is 0.483 e. The Morgan fingerprint density at radius 1 is 1.50 bits per heavy atom. The average Bonchev–Trinajstić information content (AvgIpc) is 2.95. The number of nitrogens with zero attached hydrogens (tertiary/aromatic N) is 3. The molecule has 2 heterocycles. The molecule has 1 aliphatic rings. The summed E-state index contributed by atoms with van der Waals surface area (Å²) in [5.74, 6) is -1.06. The van der Waals surface area contributed by atoms with Crippen LogP contribution in [-0.4, -0.2) is 67.3 Å². The van der Waals surface area contributed by atoms with Gasteiger partial charge in [-0.1, -0.05) is 13.3 Å². The van der Waals surface area contributed by atoms with Crippen molar-refractivity contribution in [3.8, 4) is 0 Å². The normalized spacial score (nSPS) is 23.1. The van der Waals surface area contributed by atoms with Gasteiger partial charge >= 0.3 is 5.97 Å². The number of aliphatic carboxylic acids is 1. The lowest BCUT2D eigenvalue weighted by Gasteiger charge is -2.43. The maximum atomic E-state index is 12.5. The molecule has 1 fully saturated rings. The second-order valence-electron chi connectivity index (χ2n) is 5.71. The van der Waals surface area contributed by atoms with E-state index in [4.69, 9.17) is 9.90 Å². The highest BCUT2D eigenvalue weighted by Crippen LogP contribution is 2.35. The lowest BCUT2D eigenvalue weighted by atomic mass is 9.74.